The summed E-state index contributed by atoms with van der Waals surface area (Å²) in [6.45, 7) is 2.67. The second kappa shape index (κ2) is 11.5. The summed E-state index contributed by atoms with van der Waals surface area (Å²) in [5.74, 6) is 1.34. The molecule has 184 valence electrons. The van der Waals surface area contributed by atoms with Gasteiger partial charge in [0.2, 0.25) is 0 Å². The average molecular weight is 503 g/mol. The molecule has 2 amide bonds. The van der Waals surface area contributed by atoms with Crippen LogP contribution in [-0.4, -0.2) is 30.6 Å². The summed E-state index contributed by atoms with van der Waals surface area (Å²) in [6, 6.07) is 21.5. The van der Waals surface area contributed by atoms with E-state index in [1.807, 2.05) is 30.3 Å². The number of hydrogen-bond donors (Lipinski definition) is 1. The SMILES string of the molecule is CCCCOc1ccc(C=C2C(=O)NC(=S)N(c3ccc(Oc4ccccc4)cc3)C2=O)cc1OC. The Kier molecular flexibility index (Phi) is 7.97. The van der Waals surface area contributed by atoms with Gasteiger partial charge < -0.3 is 14.2 Å². The Morgan fingerprint density at radius 3 is 2.36 bits per heavy atom. The number of anilines is 1. The number of carbonyl (C=O) groups is 2. The Morgan fingerprint density at radius 1 is 0.944 bits per heavy atom. The molecular formula is C28H26N2O5S. The van der Waals surface area contributed by atoms with Crippen molar-refractivity contribution in [2.75, 3.05) is 18.6 Å². The van der Waals surface area contributed by atoms with Crippen LogP contribution in [0.25, 0.3) is 6.08 Å². The van der Waals surface area contributed by atoms with Crippen molar-refractivity contribution < 1.29 is 23.8 Å². The van der Waals surface area contributed by atoms with E-state index in [9.17, 15) is 9.59 Å². The summed E-state index contributed by atoms with van der Waals surface area (Å²) < 4.78 is 17.0. The number of ether oxygens (including phenoxy) is 3. The van der Waals surface area contributed by atoms with E-state index in [4.69, 9.17) is 26.4 Å². The van der Waals surface area contributed by atoms with E-state index >= 15 is 0 Å². The topological polar surface area (TPSA) is 77.1 Å². The van der Waals surface area contributed by atoms with Gasteiger partial charge in [-0.2, -0.15) is 0 Å². The number of carbonyl (C=O) groups excluding carboxylic acids is 2. The molecule has 1 fully saturated rings. The fourth-order valence-corrected chi connectivity index (χ4v) is 3.85. The standard InChI is InChI=1S/C28H26N2O5S/c1-3-4-16-34-24-15-10-19(18-25(24)33-2)17-23-26(31)29-28(36)30(27(23)32)20-11-13-22(14-12-20)35-21-8-6-5-7-9-21/h5-15,17-18H,3-4,16H2,1-2H3,(H,29,31,36). The highest BCUT2D eigenvalue weighted by Gasteiger charge is 2.34. The quantitative estimate of drug-likeness (QED) is 0.180. The van der Waals surface area contributed by atoms with Crippen LogP contribution in [0.1, 0.15) is 25.3 Å². The van der Waals surface area contributed by atoms with Crippen molar-refractivity contribution in [3.05, 3.63) is 83.9 Å². The molecule has 0 aromatic heterocycles. The van der Waals surface area contributed by atoms with Crippen molar-refractivity contribution in [3.63, 3.8) is 0 Å². The number of thiocarbonyl (C=S) groups is 1. The van der Waals surface area contributed by atoms with E-state index in [2.05, 4.69) is 12.2 Å². The van der Waals surface area contributed by atoms with E-state index in [1.54, 1.807) is 49.6 Å². The monoisotopic (exact) mass is 502 g/mol. The zero-order chi connectivity index (χ0) is 25.5. The molecule has 36 heavy (non-hydrogen) atoms. The van der Waals surface area contributed by atoms with Gasteiger partial charge in [-0.1, -0.05) is 37.6 Å². The number of unbranched alkanes of at least 4 members (excludes halogenated alkanes) is 1. The summed E-state index contributed by atoms with van der Waals surface area (Å²) >= 11 is 5.30. The van der Waals surface area contributed by atoms with Crippen molar-refractivity contribution in [2.45, 2.75) is 19.8 Å². The molecule has 0 atom stereocenters. The average Bonchev–Trinajstić information content (AvgIpc) is 2.88. The first-order valence-corrected chi connectivity index (χ1v) is 12.0. The van der Waals surface area contributed by atoms with Crippen LogP contribution in [-0.2, 0) is 9.59 Å². The highest BCUT2D eigenvalue weighted by molar-refractivity contribution is 7.80. The molecule has 1 aliphatic heterocycles. The maximum atomic E-state index is 13.3. The number of para-hydroxylation sites is 1. The summed E-state index contributed by atoms with van der Waals surface area (Å²) in [7, 11) is 1.54. The van der Waals surface area contributed by atoms with Crippen molar-refractivity contribution >= 4 is 40.9 Å². The number of amides is 2. The normalized spacial score (nSPS) is 14.6. The minimum absolute atomic E-state index is 0.0103. The minimum Gasteiger partial charge on any atom is -0.493 e. The molecule has 1 heterocycles. The predicted molar refractivity (Wildman–Crippen MR) is 143 cm³/mol. The second-order valence-corrected chi connectivity index (χ2v) is 8.37. The Bertz CT molecular complexity index is 1290. The van der Waals surface area contributed by atoms with Crippen molar-refractivity contribution in [2.24, 2.45) is 0 Å². The molecule has 0 spiro atoms. The first-order chi connectivity index (χ1) is 17.5. The smallest absolute Gasteiger partial charge is 0.270 e. The molecule has 0 bridgehead atoms. The van der Waals surface area contributed by atoms with Crippen LogP contribution >= 0.6 is 12.2 Å². The number of nitrogens with zero attached hydrogens (tertiary/aromatic N) is 1. The van der Waals surface area contributed by atoms with Crippen LogP contribution < -0.4 is 24.4 Å². The van der Waals surface area contributed by atoms with E-state index in [1.165, 1.54) is 11.0 Å². The van der Waals surface area contributed by atoms with Gasteiger partial charge in [0.25, 0.3) is 11.8 Å². The van der Waals surface area contributed by atoms with Crippen molar-refractivity contribution in [1.82, 2.24) is 5.32 Å². The Balaban J connectivity index is 1.56. The van der Waals surface area contributed by atoms with Gasteiger partial charge in [-0.3, -0.25) is 19.8 Å². The van der Waals surface area contributed by atoms with Crippen LogP contribution in [0.5, 0.6) is 23.0 Å². The zero-order valence-electron chi connectivity index (χ0n) is 20.0. The minimum atomic E-state index is -0.562. The molecule has 1 aliphatic rings. The third-order valence-electron chi connectivity index (χ3n) is 5.43. The lowest BCUT2D eigenvalue weighted by molar-refractivity contribution is -0.122. The fraction of sp³-hybridized carbons (Fsp3) is 0.179. The second-order valence-electron chi connectivity index (χ2n) is 7.98. The van der Waals surface area contributed by atoms with Gasteiger partial charge in [0.05, 0.1) is 19.4 Å². The van der Waals surface area contributed by atoms with Gasteiger partial charge in [0, 0.05) is 0 Å². The molecule has 0 unspecified atom stereocenters. The molecule has 8 heteroatoms. The Hall–Kier alpha value is -4.17. The zero-order valence-corrected chi connectivity index (χ0v) is 20.8. The highest BCUT2D eigenvalue weighted by atomic mass is 32.1. The lowest BCUT2D eigenvalue weighted by atomic mass is 10.1. The van der Waals surface area contributed by atoms with E-state index in [0.717, 1.165) is 12.8 Å². The number of hydrogen-bond acceptors (Lipinski definition) is 6. The maximum absolute atomic E-state index is 13.3. The van der Waals surface area contributed by atoms with Gasteiger partial charge in [0.15, 0.2) is 16.6 Å². The molecule has 1 saturated heterocycles. The summed E-state index contributed by atoms with van der Waals surface area (Å²) in [5, 5.41) is 2.61. The summed E-state index contributed by atoms with van der Waals surface area (Å²) in [5.41, 5.74) is 1.08. The van der Waals surface area contributed by atoms with Crippen molar-refractivity contribution in [3.8, 4) is 23.0 Å². The number of rotatable bonds is 9. The lowest BCUT2D eigenvalue weighted by Crippen LogP contribution is -2.54. The van der Waals surface area contributed by atoms with Gasteiger partial charge in [-0.25, -0.2) is 0 Å². The fourth-order valence-electron chi connectivity index (χ4n) is 3.57. The largest absolute Gasteiger partial charge is 0.493 e. The van der Waals surface area contributed by atoms with Gasteiger partial charge in [0.1, 0.15) is 17.1 Å². The van der Waals surface area contributed by atoms with E-state index in [0.29, 0.717) is 40.9 Å². The lowest BCUT2D eigenvalue weighted by Gasteiger charge is -2.29. The predicted octanol–water partition coefficient (Wildman–Crippen LogP) is 5.50. The Morgan fingerprint density at radius 2 is 1.67 bits per heavy atom. The molecule has 3 aromatic carbocycles. The van der Waals surface area contributed by atoms with Crippen LogP contribution in [0.2, 0.25) is 0 Å². The molecule has 0 radical (unpaired) electrons. The number of methoxy groups -OCH3 is 1. The third-order valence-corrected chi connectivity index (χ3v) is 5.71. The Labute approximate surface area is 215 Å². The van der Waals surface area contributed by atoms with E-state index < -0.39 is 11.8 Å². The molecule has 0 saturated carbocycles. The highest BCUT2D eigenvalue weighted by Crippen LogP contribution is 2.31. The summed E-state index contributed by atoms with van der Waals surface area (Å²) in [6.07, 6.45) is 3.46. The molecule has 1 N–H and O–H groups in total. The van der Waals surface area contributed by atoms with Gasteiger partial charge in [-0.05, 0) is 78.8 Å². The molecule has 7 nitrogen and oxygen atoms in total. The summed E-state index contributed by atoms with van der Waals surface area (Å²) in [4.78, 5) is 27.3. The van der Waals surface area contributed by atoms with Crippen LogP contribution in [0, 0.1) is 0 Å². The van der Waals surface area contributed by atoms with Crippen LogP contribution in [0.3, 0.4) is 0 Å². The third kappa shape index (κ3) is 5.72. The van der Waals surface area contributed by atoms with E-state index in [-0.39, 0.29) is 10.7 Å². The molecule has 4 rings (SSSR count). The van der Waals surface area contributed by atoms with Crippen molar-refractivity contribution in [1.29, 1.82) is 0 Å². The van der Waals surface area contributed by atoms with Crippen LogP contribution in [0.4, 0.5) is 5.69 Å². The maximum Gasteiger partial charge on any atom is 0.270 e. The molecule has 3 aromatic rings. The first kappa shape index (κ1) is 24.9. The number of benzene rings is 3. The van der Waals surface area contributed by atoms with Gasteiger partial charge in [-0.15, -0.1) is 0 Å². The molecule has 0 aliphatic carbocycles. The van der Waals surface area contributed by atoms with Crippen LogP contribution in [0.15, 0.2) is 78.4 Å². The first-order valence-electron chi connectivity index (χ1n) is 11.6. The van der Waals surface area contributed by atoms with Gasteiger partial charge >= 0.3 is 0 Å². The molecular weight excluding hydrogens is 476 g/mol. The number of nitrogens with one attached hydrogen (secondary N) is 1.